The summed E-state index contributed by atoms with van der Waals surface area (Å²) in [7, 11) is 0. The highest BCUT2D eigenvalue weighted by Crippen LogP contribution is 2.24. The molecule has 0 fully saturated rings. The predicted octanol–water partition coefficient (Wildman–Crippen LogP) is 1.01. The Morgan fingerprint density at radius 1 is 1.40 bits per heavy atom. The van der Waals surface area contributed by atoms with Gasteiger partial charge < -0.3 is 14.5 Å². The number of aromatic amines is 1. The molecule has 0 saturated carbocycles. The Hall–Kier alpha value is -2.16. The van der Waals surface area contributed by atoms with Gasteiger partial charge in [-0.15, -0.1) is 10.2 Å². The van der Waals surface area contributed by atoms with E-state index in [1.165, 1.54) is 6.92 Å². The van der Waals surface area contributed by atoms with Crippen LogP contribution < -0.4 is 5.69 Å². The van der Waals surface area contributed by atoms with Gasteiger partial charge in [0.1, 0.15) is 10.6 Å². The van der Waals surface area contributed by atoms with Gasteiger partial charge in [-0.3, -0.25) is 0 Å². The van der Waals surface area contributed by atoms with Crippen molar-refractivity contribution in [2.24, 2.45) is 0 Å². The zero-order chi connectivity index (χ0) is 14.7. The topological polar surface area (TPSA) is 122 Å². The van der Waals surface area contributed by atoms with E-state index in [-0.39, 0.29) is 22.0 Å². The minimum Gasteiger partial charge on any atom is -0.478 e. The maximum absolute atomic E-state index is 11.3. The molecule has 2 N–H and O–H groups in total. The zero-order valence-electron chi connectivity index (χ0n) is 10.8. The highest BCUT2D eigenvalue weighted by atomic mass is 32.2. The molecular weight excluding hydrogens is 284 g/mol. The molecule has 106 valence electrons. The number of nitrogens with one attached hydrogen (secondary N) is 1. The molecule has 8 nitrogen and oxygen atoms in total. The monoisotopic (exact) mass is 296 g/mol. The molecule has 2 rings (SSSR count). The largest absolute Gasteiger partial charge is 0.478 e. The van der Waals surface area contributed by atoms with Gasteiger partial charge in [-0.1, -0.05) is 18.7 Å². The van der Waals surface area contributed by atoms with E-state index in [2.05, 4.69) is 20.2 Å². The summed E-state index contributed by atoms with van der Waals surface area (Å²) in [5.74, 6) is -0.0195. The second-order valence-electron chi connectivity index (χ2n) is 3.88. The molecule has 9 heteroatoms. The smallest absolute Gasteiger partial charge is 0.346 e. The first-order valence-corrected chi connectivity index (χ1v) is 6.78. The molecule has 0 saturated heterocycles. The van der Waals surface area contributed by atoms with Crippen LogP contribution in [0.1, 0.15) is 34.8 Å². The molecule has 0 radical (unpaired) electrons. The van der Waals surface area contributed by atoms with Crippen LogP contribution in [-0.2, 0) is 12.2 Å². The Labute approximate surface area is 117 Å². The third kappa shape index (κ3) is 3.05. The lowest BCUT2D eigenvalue weighted by molar-refractivity contribution is 0.0690. The van der Waals surface area contributed by atoms with Crippen molar-refractivity contribution in [3.63, 3.8) is 0 Å². The predicted molar refractivity (Wildman–Crippen MR) is 69.8 cm³/mol. The average Bonchev–Trinajstić information content (AvgIpc) is 2.82. The molecule has 20 heavy (non-hydrogen) atoms. The van der Waals surface area contributed by atoms with E-state index >= 15 is 0 Å². The summed E-state index contributed by atoms with van der Waals surface area (Å²) in [5, 5.41) is 16.9. The lowest BCUT2D eigenvalue weighted by atomic mass is 10.2. The van der Waals surface area contributed by atoms with Gasteiger partial charge in [0.2, 0.25) is 11.8 Å². The van der Waals surface area contributed by atoms with E-state index < -0.39 is 11.7 Å². The van der Waals surface area contributed by atoms with Crippen LogP contribution in [0.3, 0.4) is 0 Å². The van der Waals surface area contributed by atoms with Crippen molar-refractivity contribution in [2.45, 2.75) is 31.0 Å². The number of carboxylic acids is 1. The lowest BCUT2D eigenvalue weighted by Crippen LogP contribution is -2.18. The molecule has 0 bridgehead atoms. The normalized spacial score (nSPS) is 10.7. The minimum atomic E-state index is -1.14. The second-order valence-corrected chi connectivity index (χ2v) is 4.85. The molecule has 2 aromatic rings. The van der Waals surface area contributed by atoms with E-state index in [4.69, 9.17) is 9.52 Å². The van der Waals surface area contributed by atoms with E-state index in [9.17, 15) is 9.59 Å². The van der Waals surface area contributed by atoms with Gasteiger partial charge in [-0.2, -0.15) is 4.98 Å². The maximum atomic E-state index is 11.3. The summed E-state index contributed by atoms with van der Waals surface area (Å²) in [6, 6.07) is 0. The van der Waals surface area contributed by atoms with Gasteiger partial charge in [0.15, 0.2) is 0 Å². The van der Waals surface area contributed by atoms with Crippen molar-refractivity contribution in [3.8, 4) is 0 Å². The summed E-state index contributed by atoms with van der Waals surface area (Å²) >= 11 is 1.07. The number of carbonyl (C=O) groups is 1. The van der Waals surface area contributed by atoms with Crippen LogP contribution in [0.5, 0.6) is 0 Å². The van der Waals surface area contributed by atoms with Crippen LogP contribution in [0.4, 0.5) is 0 Å². The fraction of sp³-hybridized carbons (Fsp3) is 0.364. The number of aromatic nitrogens is 4. The fourth-order valence-electron chi connectivity index (χ4n) is 1.54. The SMILES string of the molecule is CCc1nnc(CSc2nc(=O)[nH]c(C)c2C(=O)O)o1. The minimum absolute atomic E-state index is 0.0233. The summed E-state index contributed by atoms with van der Waals surface area (Å²) in [4.78, 5) is 28.6. The summed E-state index contributed by atoms with van der Waals surface area (Å²) in [6.07, 6.45) is 0.625. The van der Waals surface area contributed by atoms with Crippen molar-refractivity contribution in [2.75, 3.05) is 0 Å². The molecule has 0 atom stereocenters. The Morgan fingerprint density at radius 2 is 2.10 bits per heavy atom. The quantitative estimate of drug-likeness (QED) is 0.619. The molecule has 0 aromatic carbocycles. The van der Waals surface area contributed by atoms with E-state index in [1.54, 1.807) is 0 Å². The number of hydrogen-bond donors (Lipinski definition) is 2. The molecule has 2 heterocycles. The van der Waals surface area contributed by atoms with Crippen LogP contribution in [0.2, 0.25) is 0 Å². The highest BCUT2D eigenvalue weighted by molar-refractivity contribution is 7.98. The van der Waals surface area contributed by atoms with E-state index in [0.717, 1.165) is 11.8 Å². The van der Waals surface area contributed by atoms with Crippen LogP contribution in [-0.4, -0.2) is 31.2 Å². The number of H-pyrrole nitrogens is 1. The summed E-state index contributed by atoms with van der Waals surface area (Å²) < 4.78 is 5.31. The first-order chi connectivity index (χ1) is 9.51. The molecule has 0 aliphatic rings. The highest BCUT2D eigenvalue weighted by Gasteiger charge is 2.18. The molecule has 0 spiro atoms. The number of hydrogen-bond acceptors (Lipinski definition) is 7. The third-order valence-electron chi connectivity index (χ3n) is 2.44. The van der Waals surface area contributed by atoms with Crippen LogP contribution in [0.25, 0.3) is 0 Å². The van der Waals surface area contributed by atoms with Crippen LogP contribution in [0, 0.1) is 6.92 Å². The van der Waals surface area contributed by atoms with Crippen LogP contribution >= 0.6 is 11.8 Å². The number of aromatic carboxylic acids is 1. The van der Waals surface area contributed by atoms with Crippen molar-refractivity contribution < 1.29 is 14.3 Å². The van der Waals surface area contributed by atoms with Gasteiger partial charge >= 0.3 is 11.7 Å². The first kappa shape index (κ1) is 14.3. The lowest BCUT2D eigenvalue weighted by Gasteiger charge is -2.05. The Balaban J connectivity index is 2.24. The van der Waals surface area contributed by atoms with Crippen molar-refractivity contribution in [3.05, 3.63) is 33.5 Å². The number of nitrogens with zero attached hydrogens (tertiary/aromatic N) is 3. The van der Waals surface area contributed by atoms with E-state index in [1.807, 2.05) is 6.92 Å². The molecule has 0 unspecified atom stereocenters. The van der Waals surface area contributed by atoms with E-state index in [0.29, 0.717) is 18.2 Å². The zero-order valence-corrected chi connectivity index (χ0v) is 11.7. The molecule has 0 amide bonds. The van der Waals surface area contributed by atoms with Crippen molar-refractivity contribution in [1.29, 1.82) is 0 Å². The Morgan fingerprint density at radius 3 is 2.70 bits per heavy atom. The Kier molecular flexibility index (Phi) is 4.18. The van der Waals surface area contributed by atoms with Gasteiger partial charge in [-0.05, 0) is 6.92 Å². The third-order valence-corrected chi connectivity index (χ3v) is 3.40. The van der Waals surface area contributed by atoms with Crippen molar-refractivity contribution in [1.82, 2.24) is 20.2 Å². The number of thioether (sulfide) groups is 1. The fourth-order valence-corrected chi connectivity index (χ4v) is 2.44. The van der Waals surface area contributed by atoms with Gasteiger partial charge in [0.05, 0.1) is 5.75 Å². The average molecular weight is 296 g/mol. The standard InChI is InChI=1S/C11H12N4O4S/c1-3-6-14-15-7(19-6)4-20-9-8(10(16)17)5(2)12-11(18)13-9/h3-4H2,1-2H3,(H,16,17)(H,12,13,18). The Bertz CT molecular complexity index is 694. The van der Waals surface area contributed by atoms with Crippen molar-refractivity contribution >= 4 is 17.7 Å². The van der Waals surface area contributed by atoms with Crippen LogP contribution in [0.15, 0.2) is 14.2 Å². The maximum Gasteiger partial charge on any atom is 0.346 e. The number of rotatable bonds is 5. The summed E-state index contributed by atoms with van der Waals surface area (Å²) in [5.41, 5.74) is -0.348. The first-order valence-electron chi connectivity index (χ1n) is 5.79. The second kappa shape index (κ2) is 5.87. The molecule has 2 aromatic heterocycles. The molecule has 0 aliphatic heterocycles. The van der Waals surface area contributed by atoms with Gasteiger partial charge in [-0.25, -0.2) is 9.59 Å². The van der Waals surface area contributed by atoms with Gasteiger partial charge in [0, 0.05) is 12.1 Å². The summed E-state index contributed by atoms with van der Waals surface area (Å²) in [6.45, 7) is 3.40. The molecule has 0 aliphatic carbocycles. The number of aryl methyl sites for hydroxylation is 2. The molecular formula is C11H12N4O4S. The van der Waals surface area contributed by atoms with Gasteiger partial charge in [0.25, 0.3) is 0 Å². The number of carboxylic acid groups (broad SMARTS) is 1.